The van der Waals surface area contributed by atoms with E-state index in [2.05, 4.69) is 5.32 Å². The van der Waals surface area contributed by atoms with Crippen molar-refractivity contribution in [3.05, 3.63) is 0 Å². The van der Waals surface area contributed by atoms with Crippen LogP contribution in [-0.2, 0) is 4.79 Å². The van der Waals surface area contributed by atoms with Crippen LogP contribution in [0, 0.1) is 11.3 Å². The molecule has 1 N–H and O–H groups in total. The average molecular weight is 167 g/mol. The van der Waals surface area contributed by atoms with Crippen molar-refractivity contribution >= 4 is 11.9 Å². The Kier molecular flexibility index (Phi) is 2.64. The van der Waals surface area contributed by atoms with Crippen LogP contribution < -0.4 is 5.32 Å². The molecule has 0 radical (unpaired) electrons. The molecule has 0 aromatic heterocycles. The van der Waals surface area contributed by atoms with Gasteiger partial charge >= 0.3 is 6.03 Å². The van der Waals surface area contributed by atoms with E-state index in [0.29, 0.717) is 19.4 Å². The Hall–Kier alpha value is -1.57. The van der Waals surface area contributed by atoms with E-state index < -0.39 is 0 Å². The highest BCUT2D eigenvalue weighted by molar-refractivity contribution is 6.01. The molecule has 1 heterocycles. The molecule has 64 valence electrons. The quantitative estimate of drug-likeness (QED) is 0.469. The number of amides is 3. The number of urea groups is 1. The largest absolute Gasteiger partial charge is 0.329 e. The number of imide groups is 1. The molecule has 1 aliphatic rings. The van der Waals surface area contributed by atoms with Crippen LogP contribution in [0.2, 0.25) is 0 Å². The van der Waals surface area contributed by atoms with E-state index in [9.17, 15) is 9.59 Å². The fraction of sp³-hybridized carbons (Fsp3) is 0.571. The molecule has 5 heteroatoms. The lowest BCUT2D eigenvalue weighted by Crippen LogP contribution is -2.31. The lowest BCUT2D eigenvalue weighted by molar-refractivity contribution is -0.125. The summed E-state index contributed by atoms with van der Waals surface area (Å²) in [7, 11) is 0. The van der Waals surface area contributed by atoms with Crippen molar-refractivity contribution in [2.24, 2.45) is 0 Å². The van der Waals surface area contributed by atoms with E-state index in [-0.39, 0.29) is 18.5 Å². The first kappa shape index (κ1) is 8.53. The Morgan fingerprint density at radius 2 is 2.33 bits per heavy atom. The van der Waals surface area contributed by atoms with Crippen LogP contribution in [0.15, 0.2) is 0 Å². The summed E-state index contributed by atoms with van der Waals surface area (Å²) in [6.07, 6.45) is 0.923. The maximum Gasteiger partial charge on any atom is 0.324 e. The lowest BCUT2D eigenvalue weighted by atomic mass is 10.3. The molecule has 12 heavy (non-hydrogen) atoms. The SMILES string of the molecule is N#CCCCN1C(=O)CNC1=O. The van der Waals surface area contributed by atoms with Gasteiger partial charge in [-0.2, -0.15) is 5.26 Å². The predicted molar refractivity (Wildman–Crippen MR) is 40.0 cm³/mol. The molecule has 0 bridgehead atoms. The molecule has 1 saturated heterocycles. The van der Waals surface area contributed by atoms with Gasteiger partial charge in [-0.3, -0.25) is 9.69 Å². The zero-order chi connectivity index (χ0) is 8.97. The summed E-state index contributed by atoms with van der Waals surface area (Å²) in [6, 6.07) is 1.60. The number of carbonyl (C=O) groups excluding carboxylic acids is 2. The Balaban J connectivity index is 2.36. The molecular weight excluding hydrogens is 158 g/mol. The third-order valence-electron chi connectivity index (χ3n) is 1.61. The Morgan fingerprint density at radius 3 is 2.83 bits per heavy atom. The second kappa shape index (κ2) is 3.72. The van der Waals surface area contributed by atoms with Gasteiger partial charge in [-0.1, -0.05) is 0 Å². The molecule has 0 unspecified atom stereocenters. The van der Waals surface area contributed by atoms with E-state index in [1.54, 1.807) is 0 Å². The van der Waals surface area contributed by atoms with Crippen LogP contribution in [0.1, 0.15) is 12.8 Å². The lowest BCUT2D eigenvalue weighted by Gasteiger charge is -2.09. The summed E-state index contributed by atoms with van der Waals surface area (Å²) in [6.45, 7) is 0.434. The summed E-state index contributed by atoms with van der Waals surface area (Å²) in [5.41, 5.74) is 0. The molecule has 0 saturated carbocycles. The normalized spacial score (nSPS) is 16.1. The second-order valence-corrected chi connectivity index (χ2v) is 2.47. The molecule has 0 aliphatic carbocycles. The molecule has 0 atom stereocenters. The molecular formula is C7H9N3O2. The van der Waals surface area contributed by atoms with Crippen LogP contribution in [0.5, 0.6) is 0 Å². The predicted octanol–water partition coefficient (Wildman–Crippen LogP) is -0.158. The maximum atomic E-state index is 10.9. The van der Waals surface area contributed by atoms with Crippen molar-refractivity contribution in [2.75, 3.05) is 13.1 Å². The number of hydrogen-bond donors (Lipinski definition) is 1. The van der Waals surface area contributed by atoms with Gasteiger partial charge in [0.2, 0.25) is 5.91 Å². The van der Waals surface area contributed by atoms with Crippen molar-refractivity contribution in [1.29, 1.82) is 5.26 Å². The smallest absolute Gasteiger partial charge is 0.324 e. The summed E-state index contributed by atoms with van der Waals surface area (Å²) >= 11 is 0. The van der Waals surface area contributed by atoms with Crippen molar-refractivity contribution in [1.82, 2.24) is 10.2 Å². The van der Waals surface area contributed by atoms with E-state index in [1.165, 1.54) is 0 Å². The van der Waals surface area contributed by atoms with Gasteiger partial charge in [-0.25, -0.2) is 4.79 Å². The van der Waals surface area contributed by atoms with Gasteiger partial charge in [0, 0.05) is 13.0 Å². The highest BCUT2D eigenvalue weighted by Gasteiger charge is 2.27. The molecule has 1 aliphatic heterocycles. The zero-order valence-electron chi connectivity index (χ0n) is 6.54. The van der Waals surface area contributed by atoms with Crippen LogP contribution >= 0.6 is 0 Å². The zero-order valence-corrected chi connectivity index (χ0v) is 6.54. The van der Waals surface area contributed by atoms with Gasteiger partial charge in [0.25, 0.3) is 0 Å². The standard InChI is InChI=1S/C7H9N3O2/c8-3-1-2-4-10-6(11)5-9-7(10)12/h1-2,4-5H2,(H,9,12). The van der Waals surface area contributed by atoms with Crippen LogP contribution in [0.25, 0.3) is 0 Å². The fourth-order valence-corrected chi connectivity index (χ4v) is 0.998. The minimum absolute atomic E-state index is 0.0887. The number of unbranched alkanes of at least 4 members (excludes halogenated alkanes) is 1. The third-order valence-corrected chi connectivity index (χ3v) is 1.61. The Morgan fingerprint density at radius 1 is 1.58 bits per heavy atom. The van der Waals surface area contributed by atoms with Gasteiger partial charge in [-0.15, -0.1) is 0 Å². The van der Waals surface area contributed by atoms with Crippen molar-refractivity contribution < 1.29 is 9.59 Å². The molecule has 0 spiro atoms. The van der Waals surface area contributed by atoms with Gasteiger partial charge in [0.05, 0.1) is 12.6 Å². The first-order valence-corrected chi connectivity index (χ1v) is 3.71. The molecule has 5 nitrogen and oxygen atoms in total. The first-order valence-electron chi connectivity index (χ1n) is 3.71. The first-order chi connectivity index (χ1) is 5.75. The number of hydrogen-bond acceptors (Lipinski definition) is 3. The summed E-state index contributed by atoms with van der Waals surface area (Å²) in [5, 5.41) is 10.6. The highest BCUT2D eigenvalue weighted by Crippen LogP contribution is 2.01. The minimum atomic E-state index is -0.349. The Labute approximate surface area is 69.9 Å². The van der Waals surface area contributed by atoms with Crippen LogP contribution in [0.3, 0.4) is 0 Å². The van der Waals surface area contributed by atoms with Gasteiger partial charge in [0.15, 0.2) is 0 Å². The van der Waals surface area contributed by atoms with E-state index in [1.807, 2.05) is 6.07 Å². The minimum Gasteiger partial charge on any atom is -0.329 e. The van der Waals surface area contributed by atoms with E-state index >= 15 is 0 Å². The number of nitriles is 1. The summed E-state index contributed by atoms with van der Waals surface area (Å²) in [5.74, 6) is -0.210. The number of carbonyl (C=O) groups is 2. The molecule has 1 rings (SSSR count). The van der Waals surface area contributed by atoms with Crippen molar-refractivity contribution in [2.45, 2.75) is 12.8 Å². The molecule has 1 fully saturated rings. The Bertz CT molecular complexity index is 228. The maximum absolute atomic E-state index is 10.9. The number of nitrogens with zero attached hydrogens (tertiary/aromatic N) is 2. The number of rotatable bonds is 3. The molecule has 3 amide bonds. The molecule has 0 aromatic rings. The van der Waals surface area contributed by atoms with Crippen LogP contribution in [-0.4, -0.2) is 29.9 Å². The topological polar surface area (TPSA) is 73.2 Å². The van der Waals surface area contributed by atoms with Crippen molar-refractivity contribution in [3.8, 4) is 6.07 Å². The number of nitrogens with one attached hydrogen (secondary N) is 1. The van der Waals surface area contributed by atoms with Gasteiger partial charge < -0.3 is 5.32 Å². The summed E-state index contributed by atoms with van der Waals surface area (Å²) < 4.78 is 0. The third kappa shape index (κ3) is 1.72. The summed E-state index contributed by atoms with van der Waals surface area (Å²) in [4.78, 5) is 23.0. The molecule has 0 aromatic carbocycles. The average Bonchev–Trinajstić information content (AvgIpc) is 2.35. The second-order valence-electron chi connectivity index (χ2n) is 2.47. The fourth-order valence-electron chi connectivity index (χ4n) is 0.998. The van der Waals surface area contributed by atoms with E-state index in [4.69, 9.17) is 5.26 Å². The van der Waals surface area contributed by atoms with Gasteiger partial charge in [0.1, 0.15) is 0 Å². The highest BCUT2D eigenvalue weighted by atomic mass is 16.2. The van der Waals surface area contributed by atoms with E-state index in [0.717, 1.165) is 4.90 Å². The van der Waals surface area contributed by atoms with Crippen LogP contribution in [0.4, 0.5) is 4.79 Å². The van der Waals surface area contributed by atoms with Crippen molar-refractivity contribution in [3.63, 3.8) is 0 Å². The van der Waals surface area contributed by atoms with Gasteiger partial charge in [-0.05, 0) is 6.42 Å². The monoisotopic (exact) mass is 167 g/mol.